The summed E-state index contributed by atoms with van der Waals surface area (Å²) >= 11 is 0. The zero-order chi connectivity index (χ0) is 28.4. The third-order valence-electron chi connectivity index (χ3n) is 6.88. The molecule has 2 aliphatic heterocycles. The molecule has 0 unspecified atom stereocenters. The summed E-state index contributed by atoms with van der Waals surface area (Å²) in [5.41, 5.74) is 0.553. The first-order chi connectivity index (χ1) is 19.4. The van der Waals surface area contributed by atoms with E-state index in [1.165, 1.54) is 39.4 Å². The number of aliphatic hydroxyl groups excluding tert-OH is 1. The summed E-state index contributed by atoms with van der Waals surface area (Å²) in [5, 5.41) is 11.5. The van der Waals surface area contributed by atoms with Crippen LogP contribution < -0.4 is 28.4 Å². The Morgan fingerprint density at radius 3 is 2.40 bits per heavy atom. The second kappa shape index (κ2) is 11.1. The molecule has 2 aliphatic rings. The highest BCUT2D eigenvalue weighted by molar-refractivity contribution is 6.46. The number of rotatable bonds is 10. The molecule has 0 radical (unpaired) electrons. The molecule has 0 aliphatic carbocycles. The van der Waals surface area contributed by atoms with Gasteiger partial charge < -0.3 is 43.0 Å². The van der Waals surface area contributed by atoms with Crippen molar-refractivity contribution >= 4 is 17.4 Å². The summed E-state index contributed by atoms with van der Waals surface area (Å²) in [6, 6.07) is 5.34. The predicted octanol–water partition coefficient (Wildman–Crippen LogP) is 3.16. The molecule has 0 saturated carbocycles. The van der Waals surface area contributed by atoms with Crippen molar-refractivity contribution in [1.82, 2.24) is 14.5 Å². The molecule has 12 heteroatoms. The second-order valence-electron chi connectivity index (χ2n) is 8.98. The molecule has 0 spiro atoms. The molecule has 0 bridgehead atoms. The number of benzene rings is 2. The molecule has 1 saturated heterocycles. The molecule has 1 atom stereocenters. The van der Waals surface area contributed by atoms with Crippen LogP contribution in [0.5, 0.6) is 34.5 Å². The largest absolute Gasteiger partial charge is 0.507 e. The van der Waals surface area contributed by atoms with Crippen LogP contribution in [0, 0.1) is 0 Å². The van der Waals surface area contributed by atoms with Gasteiger partial charge in [-0.05, 0) is 30.7 Å². The summed E-state index contributed by atoms with van der Waals surface area (Å²) < 4.78 is 35.1. The minimum atomic E-state index is -1.02. The minimum absolute atomic E-state index is 0.0533. The van der Waals surface area contributed by atoms with E-state index < -0.39 is 17.7 Å². The fourth-order valence-corrected chi connectivity index (χ4v) is 5.01. The van der Waals surface area contributed by atoms with Gasteiger partial charge in [0, 0.05) is 36.6 Å². The van der Waals surface area contributed by atoms with Gasteiger partial charge in [0.2, 0.25) is 18.3 Å². The van der Waals surface area contributed by atoms with Crippen molar-refractivity contribution in [2.75, 3.05) is 41.8 Å². The van der Waals surface area contributed by atoms with Crippen LogP contribution in [-0.4, -0.2) is 73.0 Å². The van der Waals surface area contributed by atoms with Crippen LogP contribution >= 0.6 is 0 Å². The normalized spacial score (nSPS) is 17.3. The van der Waals surface area contributed by atoms with Crippen LogP contribution in [0.25, 0.3) is 5.76 Å². The SMILES string of the molecule is COc1ccc(C(O)=C2C(=O)C(=O)N(CCCn3ccnc3)[C@@H]2c2cc(OC)c3c(c2OC)OCO3)cc1OC. The predicted molar refractivity (Wildman–Crippen MR) is 141 cm³/mol. The number of ketones is 1. The monoisotopic (exact) mass is 551 g/mol. The van der Waals surface area contributed by atoms with Gasteiger partial charge in [0.05, 0.1) is 46.4 Å². The Bertz CT molecular complexity index is 1470. The molecule has 210 valence electrons. The highest BCUT2D eigenvalue weighted by Crippen LogP contribution is 2.54. The number of carbonyl (C=O) groups excluding carboxylic acids is 2. The summed E-state index contributed by atoms with van der Waals surface area (Å²) in [6.07, 6.45) is 5.67. The first-order valence-corrected chi connectivity index (χ1v) is 12.4. The Morgan fingerprint density at radius 2 is 1.73 bits per heavy atom. The number of likely N-dealkylation sites (tertiary alicyclic amines) is 1. The van der Waals surface area contributed by atoms with E-state index in [-0.39, 0.29) is 41.7 Å². The molecule has 2 aromatic carbocycles. The van der Waals surface area contributed by atoms with Gasteiger partial charge in [-0.3, -0.25) is 9.59 Å². The Kier molecular flexibility index (Phi) is 7.41. The van der Waals surface area contributed by atoms with Crippen LogP contribution in [-0.2, 0) is 16.1 Å². The van der Waals surface area contributed by atoms with E-state index in [2.05, 4.69) is 4.98 Å². The third-order valence-corrected chi connectivity index (χ3v) is 6.88. The van der Waals surface area contributed by atoms with Gasteiger partial charge in [0.1, 0.15) is 5.76 Å². The van der Waals surface area contributed by atoms with Gasteiger partial charge in [0.25, 0.3) is 11.7 Å². The number of methoxy groups -OCH3 is 4. The lowest BCUT2D eigenvalue weighted by Crippen LogP contribution is -2.31. The number of carbonyl (C=O) groups is 2. The second-order valence-corrected chi connectivity index (χ2v) is 8.98. The maximum Gasteiger partial charge on any atom is 0.295 e. The number of aromatic nitrogens is 2. The standard InChI is InChI=1S/C28H29N3O9/c1-35-18-7-6-16(12-19(18)36-2)23(32)21-22(17-13-20(37-3)26-27(25(17)38-4)40-15-39-26)31(28(34)24(21)33)10-5-9-30-11-8-29-14-30/h6-8,11-14,22,32H,5,9-10,15H2,1-4H3/t22-/m1/s1. The summed E-state index contributed by atoms with van der Waals surface area (Å²) in [4.78, 5) is 32.5. The maximum atomic E-state index is 13.6. The quantitative estimate of drug-likeness (QED) is 0.228. The molecule has 1 aromatic heterocycles. The molecule has 1 fully saturated rings. The van der Waals surface area contributed by atoms with Crippen LogP contribution in [0.2, 0.25) is 0 Å². The van der Waals surface area contributed by atoms with Crippen LogP contribution in [0.15, 0.2) is 48.6 Å². The average Bonchev–Trinajstić information content (AvgIpc) is 3.73. The lowest BCUT2D eigenvalue weighted by molar-refractivity contribution is -0.140. The van der Waals surface area contributed by atoms with E-state index >= 15 is 0 Å². The van der Waals surface area contributed by atoms with Gasteiger partial charge in [-0.25, -0.2) is 4.98 Å². The van der Waals surface area contributed by atoms with Gasteiger partial charge >= 0.3 is 0 Å². The molecular weight excluding hydrogens is 522 g/mol. The topological polar surface area (TPSA) is 131 Å². The lowest BCUT2D eigenvalue weighted by atomic mass is 9.93. The first-order valence-electron chi connectivity index (χ1n) is 12.4. The Labute approximate surface area is 230 Å². The molecule has 1 N–H and O–H groups in total. The van der Waals surface area contributed by atoms with Gasteiger partial charge in [-0.2, -0.15) is 0 Å². The lowest BCUT2D eigenvalue weighted by Gasteiger charge is -2.27. The molecule has 3 aromatic rings. The van der Waals surface area contributed by atoms with Gasteiger partial charge in [0.15, 0.2) is 23.0 Å². The molecule has 5 rings (SSSR count). The number of amides is 1. The number of Topliss-reactive ketones (excluding diaryl/α,β-unsaturated/α-hetero) is 1. The fraction of sp³-hybridized carbons (Fsp3) is 0.321. The minimum Gasteiger partial charge on any atom is -0.507 e. The van der Waals surface area contributed by atoms with Crippen molar-refractivity contribution in [2.45, 2.75) is 19.0 Å². The molecule has 12 nitrogen and oxygen atoms in total. The highest BCUT2D eigenvalue weighted by atomic mass is 16.7. The molecule has 1 amide bonds. The van der Waals surface area contributed by atoms with Crippen LogP contribution in [0.4, 0.5) is 0 Å². The summed E-state index contributed by atoms with van der Waals surface area (Å²) in [6.45, 7) is 0.714. The Balaban J connectivity index is 1.67. The highest BCUT2D eigenvalue weighted by Gasteiger charge is 2.48. The van der Waals surface area contributed by atoms with E-state index in [9.17, 15) is 14.7 Å². The van der Waals surface area contributed by atoms with Crippen LogP contribution in [0.3, 0.4) is 0 Å². The van der Waals surface area contributed by atoms with Crippen molar-refractivity contribution in [3.8, 4) is 34.5 Å². The number of hydrogen-bond acceptors (Lipinski definition) is 10. The maximum absolute atomic E-state index is 13.6. The number of ether oxygens (including phenoxy) is 6. The Morgan fingerprint density at radius 1 is 0.975 bits per heavy atom. The number of hydrogen-bond donors (Lipinski definition) is 1. The van der Waals surface area contributed by atoms with Gasteiger partial charge in [-0.1, -0.05) is 0 Å². The van der Waals surface area contributed by atoms with Crippen molar-refractivity contribution < 1.29 is 43.1 Å². The number of aryl methyl sites for hydroxylation is 1. The Hall–Kier alpha value is -4.87. The van der Waals surface area contributed by atoms with E-state index in [1.54, 1.807) is 30.7 Å². The van der Waals surface area contributed by atoms with Crippen molar-refractivity contribution in [2.24, 2.45) is 0 Å². The summed E-state index contributed by atoms with van der Waals surface area (Å²) in [7, 11) is 5.88. The smallest absolute Gasteiger partial charge is 0.295 e. The fourth-order valence-electron chi connectivity index (χ4n) is 5.01. The number of nitrogens with zero attached hydrogens (tertiary/aromatic N) is 3. The first kappa shape index (κ1) is 26.7. The molecule has 3 heterocycles. The number of aliphatic hydroxyl groups is 1. The molecular formula is C28H29N3O9. The third kappa shape index (κ3) is 4.51. The summed E-state index contributed by atoms with van der Waals surface area (Å²) in [5.74, 6) is 0.0521. The van der Waals surface area contributed by atoms with E-state index in [1.807, 2.05) is 10.8 Å². The van der Waals surface area contributed by atoms with E-state index in [0.717, 1.165) is 0 Å². The zero-order valence-corrected chi connectivity index (χ0v) is 22.5. The van der Waals surface area contributed by atoms with Crippen LogP contribution in [0.1, 0.15) is 23.6 Å². The average molecular weight is 552 g/mol. The number of imidazole rings is 1. The number of fused-ring (bicyclic) bond motifs is 1. The zero-order valence-electron chi connectivity index (χ0n) is 22.5. The van der Waals surface area contributed by atoms with E-state index in [0.29, 0.717) is 41.5 Å². The van der Waals surface area contributed by atoms with Gasteiger partial charge in [-0.15, -0.1) is 0 Å². The molecule has 40 heavy (non-hydrogen) atoms. The van der Waals surface area contributed by atoms with Crippen molar-refractivity contribution in [1.29, 1.82) is 0 Å². The van der Waals surface area contributed by atoms with Crippen molar-refractivity contribution in [3.63, 3.8) is 0 Å². The van der Waals surface area contributed by atoms with E-state index in [4.69, 9.17) is 28.4 Å². The van der Waals surface area contributed by atoms with Crippen molar-refractivity contribution in [3.05, 3.63) is 59.7 Å².